The lowest BCUT2D eigenvalue weighted by Gasteiger charge is -2.05. The summed E-state index contributed by atoms with van der Waals surface area (Å²) >= 11 is 0. The highest BCUT2D eigenvalue weighted by Crippen LogP contribution is 2.09. The molecule has 0 aliphatic carbocycles. The van der Waals surface area contributed by atoms with Gasteiger partial charge < -0.3 is 5.73 Å². The van der Waals surface area contributed by atoms with E-state index in [-0.39, 0.29) is 5.82 Å². The molecule has 8 heavy (non-hydrogen) atoms. The van der Waals surface area contributed by atoms with Gasteiger partial charge >= 0.3 is 0 Å². The van der Waals surface area contributed by atoms with E-state index < -0.39 is 0 Å². The molecule has 1 atom stereocenters. The van der Waals surface area contributed by atoms with Crippen molar-refractivity contribution in [3.8, 4) is 0 Å². The molecule has 0 saturated carbocycles. The maximum Gasteiger partial charge on any atom is 0.118 e. The van der Waals surface area contributed by atoms with Crippen molar-refractivity contribution in [2.45, 2.75) is 12.2 Å². The van der Waals surface area contributed by atoms with Gasteiger partial charge in [0.1, 0.15) is 5.82 Å². The molecule has 0 saturated heterocycles. The molecule has 2 nitrogen and oxygen atoms in total. The minimum Gasteiger partial charge on any atom is -0.384 e. The van der Waals surface area contributed by atoms with Crippen LogP contribution in [0.1, 0.15) is 6.42 Å². The number of hydrogen-bond acceptors (Lipinski definition) is 2. The maximum absolute atomic E-state index is 5.45. The van der Waals surface area contributed by atoms with Crippen LogP contribution in [0, 0.1) is 0 Å². The highest BCUT2D eigenvalue weighted by molar-refractivity contribution is 6.20. The molecule has 0 bridgehead atoms. The molecule has 2 radical (unpaired) electrons. The predicted octanol–water partition coefficient (Wildman–Crippen LogP) is 0.218. The van der Waals surface area contributed by atoms with Crippen LogP contribution in [-0.2, 0) is 0 Å². The number of rotatable bonds is 0. The minimum absolute atomic E-state index is 0.0716. The first-order chi connectivity index (χ1) is 3.79. The lowest BCUT2D eigenvalue weighted by Crippen LogP contribution is -2.03. The smallest absolute Gasteiger partial charge is 0.118 e. The van der Waals surface area contributed by atoms with Crippen LogP contribution in [0.2, 0.25) is 5.82 Å². The van der Waals surface area contributed by atoms with Gasteiger partial charge in [0.15, 0.2) is 0 Å². The molecule has 1 rings (SSSR count). The van der Waals surface area contributed by atoms with Crippen molar-refractivity contribution in [1.29, 1.82) is 0 Å². The molecular formula is C5H7BN2. The Labute approximate surface area is 49.9 Å². The molecular weight excluding hydrogens is 98.9 g/mol. The second kappa shape index (κ2) is 2.03. The van der Waals surface area contributed by atoms with Crippen LogP contribution in [-0.4, -0.2) is 14.1 Å². The average molecular weight is 106 g/mol. The number of aliphatic imine (C=N–C) groups is 1. The summed E-state index contributed by atoms with van der Waals surface area (Å²) in [5.41, 5.74) is 5.30. The molecule has 1 heterocycles. The van der Waals surface area contributed by atoms with E-state index in [1.54, 1.807) is 6.21 Å². The normalized spacial score (nSPS) is 27.5. The maximum atomic E-state index is 5.45. The van der Waals surface area contributed by atoms with E-state index in [9.17, 15) is 0 Å². The first-order valence-corrected chi connectivity index (χ1v) is 2.54. The van der Waals surface area contributed by atoms with E-state index in [4.69, 9.17) is 13.6 Å². The average Bonchev–Trinajstić information content (AvgIpc) is 1.77. The third-order valence-electron chi connectivity index (χ3n) is 1.01. The van der Waals surface area contributed by atoms with Gasteiger partial charge in [-0.2, -0.15) is 0 Å². The fourth-order valence-corrected chi connectivity index (χ4v) is 0.552. The Balaban J connectivity index is 2.58. The van der Waals surface area contributed by atoms with Gasteiger partial charge in [0, 0.05) is 6.21 Å². The zero-order valence-corrected chi connectivity index (χ0v) is 4.54. The monoisotopic (exact) mass is 106 g/mol. The van der Waals surface area contributed by atoms with Crippen molar-refractivity contribution < 1.29 is 0 Å². The molecule has 1 unspecified atom stereocenters. The topological polar surface area (TPSA) is 38.4 Å². The molecule has 1 aliphatic rings. The van der Waals surface area contributed by atoms with E-state index in [1.807, 2.05) is 6.08 Å². The summed E-state index contributed by atoms with van der Waals surface area (Å²) in [5.74, 6) is 0.647. The molecule has 1 aliphatic heterocycles. The second-order valence-electron chi connectivity index (χ2n) is 1.81. The van der Waals surface area contributed by atoms with Gasteiger partial charge in [-0.3, -0.25) is 0 Å². The van der Waals surface area contributed by atoms with E-state index in [1.165, 1.54) is 0 Å². The van der Waals surface area contributed by atoms with Crippen LogP contribution in [0.3, 0.4) is 0 Å². The van der Waals surface area contributed by atoms with E-state index >= 15 is 0 Å². The molecule has 40 valence electrons. The molecule has 0 amide bonds. The van der Waals surface area contributed by atoms with Gasteiger partial charge in [0.05, 0.1) is 7.85 Å². The van der Waals surface area contributed by atoms with Crippen molar-refractivity contribution in [3.63, 3.8) is 0 Å². The highest BCUT2D eigenvalue weighted by Gasteiger charge is 1.99. The molecule has 0 aromatic rings. The standard InChI is InChI=1S/C5H7BN2/c6-4-1-2-5(7)8-3-4/h2-4H,1,7H2. The number of hydrogen-bond donors (Lipinski definition) is 1. The van der Waals surface area contributed by atoms with Crippen LogP contribution >= 0.6 is 0 Å². The number of nitrogens with zero attached hydrogens (tertiary/aromatic N) is 1. The Morgan fingerprint density at radius 2 is 2.62 bits per heavy atom. The van der Waals surface area contributed by atoms with Gasteiger partial charge in [-0.05, 0) is 18.3 Å². The third kappa shape index (κ3) is 1.12. The lowest BCUT2D eigenvalue weighted by molar-refractivity contribution is 1.02. The Morgan fingerprint density at radius 1 is 1.88 bits per heavy atom. The summed E-state index contributed by atoms with van der Waals surface area (Å²) < 4.78 is 0. The van der Waals surface area contributed by atoms with Gasteiger partial charge in [0.2, 0.25) is 0 Å². The summed E-state index contributed by atoms with van der Waals surface area (Å²) in [5, 5.41) is 0. The Bertz CT molecular complexity index is 139. The van der Waals surface area contributed by atoms with Crippen LogP contribution in [0.15, 0.2) is 16.9 Å². The summed E-state index contributed by atoms with van der Waals surface area (Å²) in [6.45, 7) is 0. The van der Waals surface area contributed by atoms with E-state index in [0.29, 0.717) is 5.82 Å². The molecule has 0 spiro atoms. The van der Waals surface area contributed by atoms with Crippen LogP contribution in [0.25, 0.3) is 0 Å². The number of nitrogens with two attached hydrogens (primary N) is 1. The van der Waals surface area contributed by atoms with Crippen molar-refractivity contribution in [1.82, 2.24) is 0 Å². The van der Waals surface area contributed by atoms with E-state index in [2.05, 4.69) is 4.99 Å². The number of allylic oxidation sites excluding steroid dienone is 1. The fourth-order valence-electron chi connectivity index (χ4n) is 0.552. The largest absolute Gasteiger partial charge is 0.384 e. The van der Waals surface area contributed by atoms with Gasteiger partial charge in [-0.1, -0.05) is 0 Å². The summed E-state index contributed by atoms with van der Waals surface area (Å²) in [4.78, 5) is 3.80. The Hall–Kier alpha value is -0.725. The zero-order valence-electron chi connectivity index (χ0n) is 4.54. The Morgan fingerprint density at radius 3 is 3.00 bits per heavy atom. The molecule has 3 heteroatoms. The highest BCUT2D eigenvalue weighted by atomic mass is 14.9. The fraction of sp³-hybridized carbons (Fsp3) is 0.400. The molecule has 0 aromatic carbocycles. The summed E-state index contributed by atoms with van der Waals surface area (Å²) in [6.07, 6.45) is 4.30. The van der Waals surface area contributed by atoms with Crippen molar-refractivity contribution in [3.05, 3.63) is 11.9 Å². The quantitative estimate of drug-likeness (QED) is 0.440. The van der Waals surface area contributed by atoms with Gasteiger partial charge in [-0.15, -0.1) is 0 Å². The van der Waals surface area contributed by atoms with Gasteiger partial charge in [0.25, 0.3) is 0 Å². The summed E-state index contributed by atoms with van der Waals surface area (Å²) in [6, 6.07) is 0. The lowest BCUT2D eigenvalue weighted by atomic mass is 9.85. The van der Waals surface area contributed by atoms with E-state index in [0.717, 1.165) is 6.42 Å². The molecule has 0 aromatic heterocycles. The molecule has 2 N–H and O–H groups in total. The predicted molar refractivity (Wildman–Crippen MR) is 34.9 cm³/mol. The third-order valence-corrected chi connectivity index (χ3v) is 1.01. The van der Waals surface area contributed by atoms with Crippen LogP contribution in [0.5, 0.6) is 0 Å². The first kappa shape index (κ1) is 5.41. The first-order valence-electron chi connectivity index (χ1n) is 2.54. The van der Waals surface area contributed by atoms with Crippen LogP contribution < -0.4 is 5.73 Å². The van der Waals surface area contributed by atoms with Crippen LogP contribution in [0.4, 0.5) is 0 Å². The second-order valence-corrected chi connectivity index (χ2v) is 1.81. The Kier molecular flexibility index (Phi) is 1.37. The van der Waals surface area contributed by atoms with Gasteiger partial charge in [-0.25, -0.2) is 4.99 Å². The SMILES string of the molecule is [B]C1C=NC(N)=CC1. The van der Waals surface area contributed by atoms with Crippen molar-refractivity contribution in [2.24, 2.45) is 10.7 Å². The minimum atomic E-state index is 0.0716. The zero-order chi connectivity index (χ0) is 5.98. The summed E-state index contributed by atoms with van der Waals surface area (Å²) in [7, 11) is 5.45. The molecule has 0 fully saturated rings. The van der Waals surface area contributed by atoms with Crippen molar-refractivity contribution >= 4 is 14.1 Å². The van der Waals surface area contributed by atoms with Crippen molar-refractivity contribution in [2.75, 3.05) is 0 Å².